The van der Waals surface area contributed by atoms with Crippen LogP contribution in [-0.2, 0) is 14.8 Å². The van der Waals surface area contributed by atoms with Gasteiger partial charge in [0, 0.05) is 19.1 Å². The number of carbonyl (C=O) groups excluding carboxylic acids is 1. The van der Waals surface area contributed by atoms with E-state index in [1.165, 1.54) is 0 Å². The van der Waals surface area contributed by atoms with Gasteiger partial charge in [0.15, 0.2) is 0 Å². The molecular weight excluding hydrogens is 278 g/mol. The molecule has 1 amide bonds. The molecule has 0 radical (unpaired) electrons. The molecule has 7 heteroatoms. The molecule has 0 spiro atoms. The van der Waals surface area contributed by atoms with Crippen molar-refractivity contribution in [3.05, 3.63) is 0 Å². The lowest BCUT2D eigenvalue weighted by Gasteiger charge is -2.37. The maximum absolute atomic E-state index is 12.3. The van der Waals surface area contributed by atoms with E-state index in [1.54, 1.807) is 0 Å². The van der Waals surface area contributed by atoms with Crippen LogP contribution >= 0.6 is 0 Å². The molecule has 20 heavy (non-hydrogen) atoms. The van der Waals surface area contributed by atoms with E-state index >= 15 is 0 Å². The highest BCUT2D eigenvalue weighted by Gasteiger charge is 2.29. The van der Waals surface area contributed by atoms with Gasteiger partial charge in [0.25, 0.3) is 0 Å². The number of nitrogens with two attached hydrogens (primary N) is 1. The van der Waals surface area contributed by atoms with Gasteiger partial charge in [-0.1, -0.05) is 13.3 Å². The summed E-state index contributed by atoms with van der Waals surface area (Å²) in [5.74, 6) is 0.0101. The van der Waals surface area contributed by atoms with Crippen LogP contribution in [0.3, 0.4) is 0 Å². The molecule has 1 rings (SSSR count). The fraction of sp³-hybridized carbons (Fsp3) is 0.923. The van der Waals surface area contributed by atoms with Crippen molar-refractivity contribution in [2.45, 2.75) is 57.5 Å². The molecule has 2 atom stereocenters. The van der Waals surface area contributed by atoms with Crippen LogP contribution < -0.4 is 10.5 Å². The highest BCUT2D eigenvalue weighted by atomic mass is 32.2. The first-order valence-electron chi connectivity index (χ1n) is 7.36. The maximum atomic E-state index is 12.3. The lowest BCUT2D eigenvalue weighted by atomic mass is 9.98. The van der Waals surface area contributed by atoms with Crippen molar-refractivity contribution in [1.29, 1.82) is 0 Å². The molecule has 6 nitrogen and oxygen atoms in total. The summed E-state index contributed by atoms with van der Waals surface area (Å²) < 4.78 is 24.6. The first-order valence-corrected chi connectivity index (χ1v) is 9.25. The van der Waals surface area contributed by atoms with Crippen LogP contribution in [0, 0.1) is 0 Å². The van der Waals surface area contributed by atoms with Crippen LogP contribution in [-0.4, -0.2) is 50.7 Å². The van der Waals surface area contributed by atoms with Crippen LogP contribution in [0.25, 0.3) is 0 Å². The predicted molar refractivity (Wildman–Crippen MR) is 79.7 cm³/mol. The first kappa shape index (κ1) is 17.4. The number of sulfonamides is 1. The van der Waals surface area contributed by atoms with Crippen molar-refractivity contribution in [3.63, 3.8) is 0 Å². The van der Waals surface area contributed by atoms with Crippen molar-refractivity contribution < 1.29 is 13.2 Å². The lowest BCUT2D eigenvalue weighted by molar-refractivity contribution is -0.136. The van der Waals surface area contributed by atoms with Crippen molar-refractivity contribution in [2.24, 2.45) is 5.73 Å². The Kier molecular flexibility index (Phi) is 6.91. The van der Waals surface area contributed by atoms with Gasteiger partial charge in [-0.05, 0) is 32.1 Å². The zero-order chi connectivity index (χ0) is 15.2. The van der Waals surface area contributed by atoms with E-state index in [1.807, 2.05) is 11.8 Å². The maximum Gasteiger partial charge on any atom is 0.239 e. The number of rotatable bonds is 7. The Morgan fingerprint density at radius 2 is 2.15 bits per heavy atom. The monoisotopic (exact) mass is 305 g/mol. The van der Waals surface area contributed by atoms with Gasteiger partial charge in [-0.2, -0.15) is 0 Å². The van der Waals surface area contributed by atoms with E-state index in [0.29, 0.717) is 19.4 Å². The van der Waals surface area contributed by atoms with Gasteiger partial charge in [-0.15, -0.1) is 0 Å². The fourth-order valence-electron chi connectivity index (χ4n) is 2.65. The van der Waals surface area contributed by atoms with Gasteiger partial charge >= 0.3 is 0 Å². The third-order valence-electron chi connectivity index (χ3n) is 3.67. The molecule has 1 fully saturated rings. The normalized spacial score (nSPS) is 21.8. The molecule has 3 N–H and O–H groups in total. The summed E-state index contributed by atoms with van der Waals surface area (Å²) in [4.78, 5) is 14.2. The molecule has 1 heterocycles. The first-order chi connectivity index (χ1) is 9.35. The van der Waals surface area contributed by atoms with Crippen LogP contribution in [0.1, 0.15) is 45.4 Å². The van der Waals surface area contributed by atoms with Crippen LogP contribution in [0.2, 0.25) is 0 Å². The number of hydrogen-bond donors (Lipinski definition) is 2. The van der Waals surface area contributed by atoms with E-state index in [0.717, 1.165) is 38.5 Å². The van der Waals surface area contributed by atoms with Gasteiger partial charge < -0.3 is 10.6 Å². The van der Waals surface area contributed by atoms with Gasteiger partial charge in [-0.3, -0.25) is 4.79 Å². The molecule has 1 aliphatic rings. The molecule has 0 aliphatic carbocycles. The fourth-order valence-corrected chi connectivity index (χ4v) is 3.14. The topological polar surface area (TPSA) is 92.5 Å². The van der Waals surface area contributed by atoms with Crippen molar-refractivity contribution in [2.75, 3.05) is 19.3 Å². The second kappa shape index (κ2) is 7.95. The minimum Gasteiger partial charge on any atom is -0.338 e. The van der Waals surface area contributed by atoms with E-state index < -0.39 is 16.1 Å². The highest BCUT2D eigenvalue weighted by Crippen LogP contribution is 2.20. The summed E-state index contributed by atoms with van der Waals surface area (Å²) in [6.45, 7) is 3.12. The summed E-state index contributed by atoms with van der Waals surface area (Å²) in [6.07, 6.45) is 6.39. The summed E-state index contributed by atoms with van der Waals surface area (Å²) >= 11 is 0. The Labute approximate surface area is 122 Å². The zero-order valence-corrected chi connectivity index (χ0v) is 13.3. The third-order valence-corrected chi connectivity index (χ3v) is 4.40. The number of carbonyl (C=O) groups is 1. The second-order valence-electron chi connectivity index (χ2n) is 5.53. The summed E-state index contributed by atoms with van der Waals surface area (Å²) in [5, 5.41) is 0. The van der Waals surface area contributed by atoms with E-state index in [9.17, 15) is 13.2 Å². The van der Waals surface area contributed by atoms with Gasteiger partial charge in [-0.25, -0.2) is 13.1 Å². The number of nitrogens with zero attached hydrogens (tertiary/aromatic N) is 1. The standard InChI is InChI=1S/C13H27N3O3S/c1-3-6-12(14)13(17)16-10-5-4-7-11(16)8-9-15-20(2,18)19/h11-12,15H,3-10,14H2,1-2H3/t11?,12-/m1/s1. The number of nitrogens with one attached hydrogen (secondary N) is 1. The SMILES string of the molecule is CCC[C@@H](N)C(=O)N1CCCCC1CCNS(C)(=O)=O. The quantitative estimate of drug-likeness (QED) is 0.713. The lowest BCUT2D eigenvalue weighted by Crippen LogP contribution is -2.51. The summed E-state index contributed by atoms with van der Waals surface area (Å²) in [6, 6.07) is -0.322. The second-order valence-corrected chi connectivity index (χ2v) is 7.36. The molecule has 0 aromatic carbocycles. The predicted octanol–water partition coefficient (Wildman–Crippen LogP) is 0.434. The van der Waals surface area contributed by atoms with E-state index in [4.69, 9.17) is 5.73 Å². The number of amides is 1. The van der Waals surface area contributed by atoms with Gasteiger partial charge in [0.1, 0.15) is 0 Å². The molecule has 0 aromatic rings. The summed E-state index contributed by atoms with van der Waals surface area (Å²) in [7, 11) is -3.17. The molecule has 118 valence electrons. The molecule has 0 bridgehead atoms. The average molecular weight is 305 g/mol. The Balaban J connectivity index is 2.55. The molecule has 0 saturated carbocycles. The Bertz CT molecular complexity index is 411. The Morgan fingerprint density at radius 1 is 1.45 bits per heavy atom. The zero-order valence-electron chi connectivity index (χ0n) is 12.5. The van der Waals surface area contributed by atoms with E-state index in [-0.39, 0.29) is 11.9 Å². The largest absolute Gasteiger partial charge is 0.338 e. The minimum atomic E-state index is -3.17. The van der Waals surface area contributed by atoms with Crippen LogP contribution in [0.5, 0.6) is 0 Å². The summed E-state index contributed by atoms with van der Waals surface area (Å²) in [5.41, 5.74) is 5.92. The Hall–Kier alpha value is -0.660. The molecule has 1 unspecified atom stereocenters. The smallest absolute Gasteiger partial charge is 0.239 e. The average Bonchev–Trinajstić information content (AvgIpc) is 2.37. The number of likely N-dealkylation sites (tertiary alicyclic amines) is 1. The van der Waals surface area contributed by atoms with Crippen molar-refractivity contribution >= 4 is 15.9 Å². The number of piperidine rings is 1. The van der Waals surface area contributed by atoms with Crippen molar-refractivity contribution in [1.82, 2.24) is 9.62 Å². The van der Waals surface area contributed by atoms with Crippen LogP contribution in [0.15, 0.2) is 0 Å². The Morgan fingerprint density at radius 3 is 2.75 bits per heavy atom. The molecule has 0 aromatic heterocycles. The molecule has 1 saturated heterocycles. The van der Waals surface area contributed by atoms with Gasteiger partial charge in [0.05, 0.1) is 12.3 Å². The van der Waals surface area contributed by atoms with Crippen LogP contribution in [0.4, 0.5) is 0 Å². The highest BCUT2D eigenvalue weighted by molar-refractivity contribution is 7.88. The minimum absolute atomic E-state index is 0.0101. The van der Waals surface area contributed by atoms with Crippen molar-refractivity contribution in [3.8, 4) is 0 Å². The molecular formula is C13H27N3O3S. The molecule has 1 aliphatic heterocycles. The van der Waals surface area contributed by atoms with E-state index in [2.05, 4.69) is 4.72 Å². The third kappa shape index (κ3) is 5.76. The van der Waals surface area contributed by atoms with Gasteiger partial charge in [0.2, 0.25) is 15.9 Å². The number of hydrogen-bond acceptors (Lipinski definition) is 4.